The van der Waals surface area contributed by atoms with E-state index < -0.39 is 17.2 Å². The molecule has 0 aromatic heterocycles. The predicted octanol–water partition coefficient (Wildman–Crippen LogP) is 3.41. The fraction of sp³-hybridized carbons (Fsp3) is 0.333. The Bertz CT molecular complexity index is 635. The van der Waals surface area contributed by atoms with Gasteiger partial charge in [-0.3, -0.25) is 4.90 Å². The first-order chi connectivity index (χ1) is 10.6. The van der Waals surface area contributed by atoms with Crippen LogP contribution in [0.4, 0.5) is 8.78 Å². The molecule has 1 heterocycles. The van der Waals surface area contributed by atoms with E-state index in [1.165, 1.54) is 17.7 Å². The summed E-state index contributed by atoms with van der Waals surface area (Å²) in [5, 5.41) is 0. The Balaban J connectivity index is 1.67. The number of nitrogens with two attached hydrogens (primary N) is 1. The topological polar surface area (TPSA) is 29.3 Å². The van der Waals surface area contributed by atoms with Crippen molar-refractivity contribution in [3.05, 3.63) is 71.3 Å². The monoisotopic (exact) mass is 302 g/mol. The van der Waals surface area contributed by atoms with Gasteiger partial charge in [-0.1, -0.05) is 36.4 Å². The van der Waals surface area contributed by atoms with Gasteiger partial charge in [-0.05, 0) is 24.5 Å². The van der Waals surface area contributed by atoms with E-state index in [0.717, 1.165) is 25.7 Å². The summed E-state index contributed by atoms with van der Waals surface area (Å²) in [6.07, 6.45) is 1.34. The predicted molar refractivity (Wildman–Crippen MR) is 83.2 cm³/mol. The smallest absolute Gasteiger partial charge is 0.131 e. The zero-order chi connectivity index (χ0) is 15.6. The van der Waals surface area contributed by atoms with E-state index >= 15 is 0 Å². The van der Waals surface area contributed by atoms with Crippen molar-refractivity contribution in [1.82, 2.24) is 4.90 Å². The Morgan fingerprint density at radius 1 is 1.00 bits per heavy atom. The standard InChI is InChI=1S/C18H20F2N2/c19-15-6-7-16(17(20)12-15)18(21)8-10-22(11-9-18)13-14-4-2-1-3-5-14/h1-7,12H,8-11,13,21H2. The van der Waals surface area contributed by atoms with Gasteiger partial charge in [0.2, 0.25) is 0 Å². The van der Waals surface area contributed by atoms with Gasteiger partial charge in [-0.2, -0.15) is 0 Å². The maximum Gasteiger partial charge on any atom is 0.131 e. The average Bonchev–Trinajstić information content (AvgIpc) is 2.51. The molecule has 1 saturated heterocycles. The Kier molecular flexibility index (Phi) is 4.23. The van der Waals surface area contributed by atoms with Gasteiger partial charge in [0.25, 0.3) is 0 Å². The number of piperidine rings is 1. The minimum atomic E-state index is -0.703. The van der Waals surface area contributed by atoms with E-state index in [2.05, 4.69) is 17.0 Å². The van der Waals surface area contributed by atoms with Crippen molar-refractivity contribution in [3.63, 3.8) is 0 Å². The van der Waals surface area contributed by atoms with E-state index in [-0.39, 0.29) is 0 Å². The average molecular weight is 302 g/mol. The Morgan fingerprint density at radius 3 is 2.32 bits per heavy atom. The van der Waals surface area contributed by atoms with Crippen molar-refractivity contribution < 1.29 is 8.78 Å². The summed E-state index contributed by atoms with van der Waals surface area (Å²) in [4.78, 5) is 2.32. The quantitative estimate of drug-likeness (QED) is 0.941. The highest BCUT2D eigenvalue weighted by Crippen LogP contribution is 2.32. The number of benzene rings is 2. The second kappa shape index (κ2) is 6.15. The van der Waals surface area contributed by atoms with Gasteiger partial charge in [-0.25, -0.2) is 8.78 Å². The minimum absolute atomic E-state index is 0.424. The van der Waals surface area contributed by atoms with Gasteiger partial charge in [-0.15, -0.1) is 0 Å². The van der Waals surface area contributed by atoms with E-state index in [0.29, 0.717) is 18.4 Å². The molecule has 0 saturated carbocycles. The van der Waals surface area contributed by atoms with Crippen LogP contribution < -0.4 is 5.73 Å². The molecule has 2 N–H and O–H groups in total. The Hall–Kier alpha value is -1.78. The van der Waals surface area contributed by atoms with Crippen molar-refractivity contribution in [2.75, 3.05) is 13.1 Å². The highest BCUT2D eigenvalue weighted by Gasteiger charge is 2.34. The highest BCUT2D eigenvalue weighted by molar-refractivity contribution is 5.27. The van der Waals surface area contributed by atoms with Gasteiger partial charge < -0.3 is 5.73 Å². The van der Waals surface area contributed by atoms with E-state index in [1.807, 2.05) is 18.2 Å². The van der Waals surface area contributed by atoms with Gasteiger partial charge in [0.1, 0.15) is 11.6 Å². The zero-order valence-electron chi connectivity index (χ0n) is 12.4. The van der Waals surface area contributed by atoms with Crippen molar-refractivity contribution >= 4 is 0 Å². The number of hydrogen-bond acceptors (Lipinski definition) is 2. The first-order valence-electron chi connectivity index (χ1n) is 7.57. The molecule has 1 aliphatic heterocycles. The molecule has 0 amide bonds. The van der Waals surface area contributed by atoms with Crippen molar-refractivity contribution in [1.29, 1.82) is 0 Å². The molecule has 0 atom stereocenters. The molecule has 4 heteroatoms. The largest absolute Gasteiger partial charge is 0.321 e. The minimum Gasteiger partial charge on any atom is -0.321 e. The normalized spacial score (nSPS) is 18.3. The summed E-state index contributed by atoms with van der Waals surface area (Å²) in [6, 6.07) is 13.9. The fourth-order valence-corrected chi connectivity index (χ4v) is 3.11. The van der Waals surface area contributed by atoms with Crippen LogP contribution in [0.3, 0.4) is 0 Å². The lowest BCUT2D eigenvalue weighted by molar-refractivity contribution is 0.153. The maximum absolute atomic E-state index is 14.0. The number of likely N-dealkylation sites (tertiary alicyclic amines) is 1. The summed E-state index contributed by atoms with van der Waals surface area (Å²) in [7, 11) is 0. The van der Waals surface area contributed by atoms with Crippen LogP contribution in [-0.4, -0.2) is 18.0 Å². The fourth-order valence-electron chi connectivity index (χ4n) is 3.11. The lowest BCUT2D eigenvalue weighted by Gasteiger charge is -2.39. The summed E-state index contributed by atoms with van der Waals surface area (Å²) in [5.41, 5.74) is 7.38. The molecular formula is C18H20F2N2. The molecule has 116 valence electrons. The molecule has 0 unspecified atom stereocenters. The lowest BCUT2D eigenvalue weighted by Crippen LogP contribution is -2.48. The lowest BCUT2D eigenvalue weighted by atomic mass is 9.81. The van der Waals surface area contributed by atoms with Crippen LogP contribution in [0.2, 0.25) is 0 Å². The number of nitrogens with zero attached hydrogens (tertiary/aromatic N) is 1. The Labute approximate surface area is 129 Å². The molecule has 2 nitrogen and oxygen atoms in total. The maximum atomic E-state index is 14.0. The van der Waals surface area contributed by atoms with E-state index in [1.54, 1.807) is 0 Å². The summed E-state index contributed by atoms with van der Waals surface area (Å²) >= 11 is 0. The summed E-state index contributed by atoms with van der Waals surface area (Å²) in [5.74, 6) is -1.11. The molecule has 1 aliphatic rings. The van der Waals surface area contributed by atoms with Gasteiger partial charge in [0, 0.05) is 36.8 Å². The van der Waals surface area contributed by atoms with E-state index in [4.69, 9.17) is 5.73 Å². The van der Waals surface area contributed by atoms with Gasteiger partial charge in [0.15, 0.2) is 0 Å². The SMILES string of the molecule is NC1(c2ccc(F)cc2F)CCN(Cc2ccccc2)CC1. The molecule has 2 aromatic carbocycles. The first kappa shape index (κ1) is 15.1. The molecule has 0 bridgehead atoms. The molecule has 2 aromatic rings. The van der Waals surface area contributed by atoms with E-state index in [9.17, 15) is 8.78 Å². The number of halogens is 2. The third-order valence-electron chi connectivity index (χ3n) is 4.46. The molecular weight excluding hydrogens is 282 g/mol. The van der Waals surface area contributed by atoms with Gasteiger partial charge >= 0.3 is 0 Å². The highest BCUT2D eigenvalue weighted by atomic mass is 19.1. The molecule has 1 fully saturated rings. The number of rotatable bonds is 3. The molecule has 22 heavy (non-hydrogen) atoms. The van der Waals surface area contributed by atoms with Gasteiger partial charge in [0.05, 0.1) is 0 Å². The van der Waals surface area contributed by atoms with Crippen LogP contribution in [0.5, 0.6) is 0 Å². The second-order valence-electron chi connectivity index (χ2n) is 6.04. The van der Waals surface area contributed by atoms with Crippen LogP contribution in [0.15, 0.2) is 48.5 Å². The number of hydrogen-bond donors (Lipinski definition) is 1. The molecule has 0 spiro atoms. The van der Waals surface area contributed by atoms with Crippen LogP contribution >= 0.6 is 0 Å². The third-order valence-corrected chi connectivity index (χ3v) is 4.46. The first-order valence-corrected chi connectivity index (χ1v) is 7.57. The molecule has 0 aliphatic carbocycles. The van der Waals surface area contributed by atoms with Crippen molar-refractivity contribution in [2.45, 2.75) is 24.9 Å². The van der Waals surface area contributed by atoms with Crippen LogP contribution in [0.25, 0.3) is 0 Å². The Morgan fingerprint density at radius 2 is 1.68 bits per heavy atom. The van der Waals surface area contributed by atoms with Crippen molar-refractivity contribution in [3.8, 4) is 0 Å². The molecule has 0 radical (unpaired) electrons. The molecule has 3 rings (SSSR count). The third kappa shape index (κ3) is 3.18. The second-order valence-corrected chi connectivity index (χ2v) is 6.04. The van der Waals surface area contributed by atoms with Crippen LogP contribution in [0.1, 0.15) is 24.0 Å². The van der Waals surface area contributed by atoms with Crippen molar-refractivity contribution in [2.24, 2.45) is 5.73 Å². The van der Waals surface area contributed by atoms with Crippen LogP contribution in [0, 0.1) is 11.6 Å². The van der Waals surface area contributed by atoms with Crippen LogP contribution in [-0.2, 0) is 12.1 Å². The zero-order valence-corrected chi connectivity index (χ0v) is 12.4. The summed E-state index contributed by atoms with van der Waals surface area (Å²) in [6.45, 7) is 2.49. The summed E-state index contributed by atoms with van der Waals surface area (Å²) < 4.78 is 27.0.